The van der Waals surface area contributed by atoms with E-state index in [0.717, 1.165) is 22.8 Å². The lowest BCUT2D eigenvalue weighted by molar-refractivity contribution is 0.658. The van der Waals surface area contributed by atoms with Gasteiger partial charge in [-0.05, 0) is 27.3 Å². The third kappa shape index (κ3) is 2.33. The van der Waals surface area contributed by atoms with Crippen molar-refractivity contribution in [2.24, 2.45) is 7.05 Å². The highest BCUT2D eigenvalue weighted by Gasteiger charge is 2.17. The molecule has 2 heterocycles. The van der Waals surface area contributed by atoms with E-state index in [1.165, 1.54) is 10.4 Å². The predicted octanol–water partition coefficient (Wildman–Crippen LogP) is 2.69. The van der Waals surface area contributed by atoms with E-state index < -0.39 is 0 Å². The molecular weight excluding hydrogens is 244 g/mol. The van der Waals surface area contributed by atoms with Crippen LogP contribution < -0.4 is 5.32 Å². The van der Waals surface area contributed by atoms with Crippen LogP contribution in [0.15, 0.2) is 6.20 Å². The van der Waals surface area contributed by atoms with Crippen molar-refractivity contribution in [1.29, 1.82) is 0 Å². The highest BCUT2D eigenvalue weighted by atomic mass is 32.1. The normalized spacial score (nSPS) is 12.9. The molecule has 2 rings (SSSR count). The summed E-state index contributed by atoms with van der Waals surface area (Å²) in [6, 6.07) is 0.345. The topological polar surface area (TPSA) is 42.7 Å². The number of hydrogen-bond donors (Lipinski definition) is 1. The average molecular weight is 264 g/mol. The Labute approximate surface area is 112 Å². The molecule has 1 N–H and O–H groups in total. The number of hydrogen-bond acceptors (Lipinski definition) is 4. The third-order valence-electron chi connectivity index (χ3n) is 3.13. The van der Waals surface area contributed by atoms with E-state index in [4.69, 9.17) is 4.98 Å². The highest BCUT2D eigenvalue weighted by molar-refractivity contribution is 7.15. The van der Waals surface area contributed by atoms with E-state index in [2.05, 4.69) is 37.4 Å². The molecule has 5 heteroatoms. The fourth-order valence-corrected chi connectivity index (χ4v) is 3.19. The van der Waals surface area contributed by atoms with Crippen LogP contribution in [0.2, 0.25) is 0 Å². The van der Waals surface area contributed by atoms with E-state index in [1.807, 2.05) is 18.8 Å². The van der Waals surface area contributed by atoms with Crippen molar-refractivity contribution in [1.82, 2.24) is 20.1 Å². The second-order valence-electron chi connectivity index (χ2n) is 4.50. The zero-order valence-electron chi connectivity index (χ0n) is 11.6. The van der Waals surface area contributed by atoms with Gasteiger partial charge in [0.25, 0.3) is 0 Å². The Morgan fingerprint density at radius 2 is 2.22 bits per heavy atom. The third-order valence-corrected chi connectivity index (χ3v) is 4.50. The van der Waals surface area contributed by atoms with E-state index in [-0.39, 0.29) is 0 Å². The SMILES string of the molecule is CCc1nn(C)cc1-c1nc(C)c(C(C)NC)s1. The second-order valence-corrected chi connectivity index (χ2v) is 5.53. The summed E-state index contributed by atoms with van der Waals surface area (Å²) in [6.07, 6.45) is 3.00. The first-order chi connectivity index (χ1) is 8.56. The highest BCUT2D eigenvalue weighted by Crippen LogP contribution is 2.33. The molecule has 0 aromatic carbocycles. The Morgan fingerprint density at radius 3 is 2.83 bits per heavy atom. The maximum atomic E-state index is 4.70. The molecular formula is C13H20N4S. The van der Waals surface area contributed by atoms with E-state index in [9.17, 15) is 0 Å². The number of aryl methyl sites for hydroxylation is 3. The number of nitrogens with zero attached hydrogens (tertiary/aromatic N) is 3. The van der Waals surface area contributed by atoms with Crippen LogP contribution in [0.1, 0.15) is 36.2 Å². The summed E-state index contributed by atoms with van der Waals surface area (Å²) in [4.78, 5) is 6.00. The summed E-state index contributed by atoms with van der Waals surface area (Å²) in [5.74, 6) is 0. The molecule has 0 spiro atoms. The first-order valence-electron chi connectivity index (χ1n) is 6.24. The van der Waals surface area contributed by atoms with Crippen molar-refractivity contribution in [3.05, 3.63) is 22.5 Å². The maximum Gasteiger partial charge on any atom is 0.127 e. The van der Waals surface area contributed by atoms with Gasteiger partial charge in [-0.15, -0.1) is 11.3 Å². The van der Waals surface area contributed by atoms with Gasteiger partial charge >= 0.3 is 0 Å². The molecule has 0 saturated heterocycles. The standard InChI is InChI=1S/C13H20N4S/c1-6-11-10(7-17(5)16-11)13-15-9(3)12(18-13)8(2)14-4/h7-8,14H,6H2,1-5H3. The van der Waals surface area contributed by atoms with Gasteiger partial charge in [0.1, 0.15) is 5.01 Å². The zero-order chi connectivity index (χ0) is 13.3. The minimum absolute atomic E-state index is 0.345. The summed E-state index contributed by atoms with van der Waals surface area (Å²) in [6.45, 7) is 6.36. The van der Waals surface area contributed by atoms with Crippen molar-refractivity contribution in [3.63, 3.8) is 0 Å². The zero-order valence-corrected chi connectivity index (χ0v) is 12.4. The average Bonchev–Trinajstić information content (AvgIpc) is 2.91. The van der Waals surface area contributed by atoms with Crippen molar-refractivity contribution < 1.29 is 0 Å². The first-order valence-corrected chi connectivity index (χ1v) is 7.06. The Morgan fingerprint density at radius 1 is 1.50 bits per heavy atom. The van der Waals surface area contributed by atoms with Crippen molar-refractivity contribution >= 4 is 11.3 Å². The van der Waals surface area contributed by atoms with Crippen LogP contribution in [0.5, 0.6) is 0 Å². The number of thiazole rings is 1. The molecule has 98 valence electrons. The van der Waals surface area contributed by atoms with Gasteiger partial charge in [-0.25, -0.2) is 4.98 Å². The van der Waals surface area contributed by atoms with Crippen molar-refractivity contribution in [3.8, 4) is 10.6 Å². The minimum atomic E-state index is 0.345. The van der Waals surface area contributed by atoms with Crippen molar-refractivity contribution in [2.75, 3.05) is 7.05 Å². The molecule has 0 aliphatic rings. The van der Waals surface area contributed by atoms with Crippen LogP contribution in [-0.4, -0.2) is 21.8 Å². The molecule has 0 saturated carbocycles. The monoisotopic (exact) mass is 264 g/mol. The molecule has 2 aromatic heterocycles. The molecule has 2 aromatic rings. The largest absolute Gasteiger partial charge is 0.312 e. The summed E-state index contributed by atoms with van der Waals surface area (Å²) >= 11 is 1.76. The summed E-state index contributed by atoms with van der Waals surface area (Å²) in [5, 5.41) is 8.83. The van der Waals surface area contributed by atoms with E-state index in [0.29, 0.717) is 6.04 Å². The first kappa shape index (κ1) is 13.2. The van der Waals surface area contributed by atoms with Crippen LogP contribution in [0.4, 0.5) is 0 Å². The van der Waals surface area contributed by atoms with Gasteiger partial charge in [-0.1, -0.05) is 6.92 Å². The summed E-state index contributed by atoms with van der Waals surface area (Å²) in [5.41, 5.74) is 3.40. The molecule has 0 amide bonds. The molecule has 1 atom stereocenters. The molecule has 18 heavy (non-hydrogen) atoms. The fraction of sp³-hybridized carbons (Fsp3) is 0.538. The lowest BCUT2D eigenvalue weighted by Crippen LogP contribution is -2.11. The molecule has 0 aliphatic heterocycles. The van der Waals surface area contributed by atoms with Gasteiger partial charge in [0.2, 0.25) is 0 Å². The Hall–Kier alpha value is -1.20. The molecule has 4 nitrogen and oxygen atoms in total. The second kappa shape index (κ2) is 5.20. The summed E-state index contributed by atoms with van der Waals surface area (Å²) in [7, 11) is 3.94. The van der Waals surface area contributed by atoms with E-state index in [1.54, 1.807) is 11.3 Å². The number of aromatic nitrogens is 3. The fourth-order valence-electron chi connectivity index (χ4n) is 2.03. The van der Waals surface area contributed by atoms with Crippen LogP contribution in [0, 0.1) is 6.92 Å². The number of nitrogens with one attached hydrogen (secondary N) is 1. The Balaban J connectivity index is 2.45. The smallest absolute Gasteiger partial charge is 0.127 e. The predicted molar refractivity (Wildman–Crippen MR) is 75.9 cm³/mol. The lowest BCUT2D eigenvalue weighted by atomic mass is 10.2. The van der Waals surface area contributed by atoms with Gasteiger partial charge < -0.3 is 5.32 Å². The van der Waals surface area contributed by atoms with Crippen LogP contribution in [-0.2, 0) is 13.5 Å². The maximum absolute atomic E-state index is 4.70. The van der Waals surface area contributed by atoms with Gasteiger partial charge in [-0.3, -0.25) is 4.68 Å². The van der Waals surface area contributed by atoms with E-state index >= 15 is 0 Å². The molecule has 0 fully saturated rings. The minimum Gasteiger partial charge on any atom is -0.312 e. The molecule has 0 aliphatic carbocycles. The molecule has 1 unspecified atom stereocenters. The van der Waals surface area contributed by atoms with Crippen LogP contribution in [0.3, 0.4) is 0 Å². The quantitative estimate of drug-likeness (QED) is 0.923. The van der Waals surface area contributed by atoms with Crippen LogP contribution >= 0.6 is 11.3 Å². The lowest BCUT2D eigenvalue weighted by Gasteiger charge is -2.06. The van der Waals surface area contributed by atoms with Gasteiger partial charge in [0.05, 0.1) is 17.0 Å². The molecule has 0 bridgehead atoms. The Bertz CT molecular complexity index is 541. The Kier molecular flexibility index (Phi) is 3.82. The van der Waals surface area contributed by atoms with Gasteiger partial charge in [-0.2, -0.15) is 5.10 Å². The van der Waals surface area contributed by atoms with Crippen molar-refractivity contribution in [2.45, 2.75) is 33.2 Å². The number of rotatable bonds is 4. The van der Waals surface area contributed by atoms with Gasteiger partial charge in [0, 0.05) is 24.2 Å². The van der Waals surface area contributed by atoms with Crippen LogP contribution in [0.25, 0.3) is 10.6 Å². The van der Waals surface area contributed by atoms with Gasteiger partial charge in [0.15, 0.2) is 0 Å². The summed E-state index contributed by atoms with van der Waals surface area (Å²) < 4.78 is 1.87. The molecule has 0 radical (unpaired) electrons.